The van der Waals surface area contributed by atoms with Crippen LogP contribution >= 0.6 is 0 Å². The number of hydrogen-bond acceptors (Lipinski definition) is 1. The highest BCUT2D eigenvalue weighted by Crippen LogP contribution is 2.16. The first kappa shape index (κ1) is 48.9. The van der Waals surface area contributed by atoms with Gasteiger partial charge in [0.2, 0.25) is 0 Å². The largest absolute Gasteiger partial charge is 0.400 e. The highest BCUT2D eigenvalue weighted by molar-refractivity contribution is 4.83. The first-order valence-corrected chi connectivity index (χ1v) is 23.0. The Hall–Kier alpha value is -1.08. The van der Waals surface area contributed by atoms with E-state index in [1.807, 2.05) is 0 Å². The Kier molecular flexibility index (Phi) is 46.9. The summed E-state index contributed by atoms with van der Waals surface area (Å²) in [6.07, 6.45) is 76.0. The minimum absolute atomic E-state index is 1.00. The van der Waals surface area contributed by atoms with Gasteiger partial charge in [-0.1, -0.05) is 203 Å². The van der Waals surface area contributed by atoms with Gasteiger partial charge in [-0.05, 0) is 103 Å². The molecule has 50 heavy (non-hydrogen) atoms. The molecule has 4 aliphatic rings. The molecule has 0 aromatic heterocycles. The van der Waals surface area contributed by atoms with Gasteiger partial charge in [-0.25, -0.2) is 0 Å². The Morgan fingerprint density at radius 1 is 0.160 bits per heavy atom. The molecule has 0 bridgehead atoms. The Labute approximate surface area is 316 Å². The van der Waals surface area contributed by atoms with E-state index in [-0.39, 0.29) is 0 Å². The minimum Gasteiger partial charge on any atom is -0.400 e. The predicted octanol–water partition coefficient (Wildman–Crippen LogP) is 17.4. The maximum Gasteiger partial charge on any atom is 0.0319 e. The molecule has 0 unspecified atom stereocenters. The van der Waals surface area contributed by atoms with E-state index in [0.717, 1.165) is 7.11 Å². The highest BCUT2D eigenvalue weighted by Gasteiger charge is 1.96. The average molecular weight is 697 g/mol. The molecule has 0 aromatic carbocycles. The second kappa shape index (κ2) is 47.9. The second-order valence-corrected chi connectivity index (χ2v) is 15.5. The summed E-state index contributed by atoms with van der Waals surface area (Å²) in [6, 6.07) is 0. The molecule has 0 aliphatic heterocycles. The van der Waals surface area contributed by atoms with Crippen LogP contribution in [-0.2, 0) is 0 Å². The van der Waals surface area contributed by atoms with E-state index in [1.165, 1.54) is 257 Å². The van der Waals surface area contributed by atoms with Crippen molar-refractivity contribution in [3.63, 3.8) is 0 Å². The maximum atomic E-state index is 7.00. The third-order valence-corrected chi connectivity index (χ3v) is 10.6. The molecule has 4 rings (SSSR count). The van der Waals surface area contributed by atoms with Crippen LogP contribution in [0.3, 0.4) is 0 Å². The first-order chi connectivity index (χ1) is 25.0. The van der Waals surface area contributed by atoms with Crippen LogP contribution in [0, 0.1) is 0 Å². The van der Waals surface area contributed by atoms with Crippen molar-refractivity contribution in [1.29, 1.82) is 0 Å². The smallest absolute Gasteiger partial charge is 0.0319 e. The molecule has 294 valence electrons. The molecule has 0 fully saturated rings. The van der Waals surface area contributed by atoms with Gasteiger partial charge in [-0.2, -0.15) is 0 Å². The molecule has 0 aromatic rings. The first-order valence-electron chi connectivity index (χ1n) is 23.0. The van der Waals surface area contributed by atoms with E-state index in [4.69, 9.17) is 5.11 Å². The second-order valence-electron chi connectivity index (χ2n) is 15.5. The Balaban J connectivity index is 0.000000629. The molecular formula is C49H92O. The van der Waals surface area contributed by atoms with Gasteiger partial charge < -0.3 is 5.11 Å². The molecule has 1 heteroatoms. The van der Waals surface area contributed by atoms with Crippen LogP contribution in [0.2, 0.25) is 0 Å². The summed E-state index contributed by atoms with van der Waals surface area (Å²) in [4.78, 5) is 0. The molecule has 0 saturated heterocycles. The summed E-state index contributed by atoms with van der Waals surface area (Å²) in [7, 11) is 1.00. The summed E-state index contributed by atoms with van der Waals surface area (Å²) >= 11 is 0. The number of aliphatic hydroxyl groups is 1. The van der Waals surface area contributed by atoms with Crippen molar-refractivity contribution in [1.82, 2.24) is 0 Å². The lowest BCUT2D eigenvalue weighted by molar-refractivity contribution is 0.399. The predicted molar refractivity (Wildman–Crippen MR) is 229 cm³/mol. The van der Waals surface area contributed by atoms with Crippen molar-refractivity contribution >= 4 is 0 Å². The topological polar surface area (TPSA) is 20.2 Å². The monoisotopic (exact) mass is 697 g/mol. The molecule has 0 atom stereocenters. The number of rotatable bonds is 0. The van der Waals surface area contributed by atoms with Crippen LogP contribution in [0.25, 0.3) is 0 Å². The zero-order valence-electron chi connectivity index (χ0n) is 34.4. The molecule has 1 N–H and O–H groups in total. The normalized spacial score (nSPS) is 21.9. The van der Waals surface area contributed by atoms with Crippen LogP contribution in [0.15, 0.2) is 48.6 Å². The molecule has 0 amide bonds. The van der Waals surface area contributed by atoms with E-state index >= 15 is 0 Å². The Morgan fingerprint density at radius 2 is 0.240 bits per heavy atom. The third-order valence-electron chi connectivity index (χ3n) is 10.6. The van der Waals surface area contributed by atoms with Gasteiger partial charge in [-0.15, -0.1) is 0 Å². The van der Waals surface area contributed by atoms with Crippen molar-refractivity contribution in [2.75, 3.05) is 7.11 Å². The summed E-state index contributed by atoms with van der Waals surface area (Å²) in [5.74, 6) is 0. The van der Waals surface area contributed by atoms with Crippen LogP contribution in [0.4, 0.5) is 0 Å². The van der Waals surface area contributed by atoms with Gasteiger partial charge in [-0.3, -0.25) is 0 Å². The van der Waals surface area contributed by atoms with Gasteiger partial charge in [0.1, 0.15) is 0 Å². The van der Waals surface area contributed by atoms with E-state index in [0.29, 0.717) is 0 Å². The number of aliphatic hydroxyl groups excluding tert-OH is 1. The van der Waals surface area contributed by atoms with Gasteiger partial charge in [0, 0.05) is 7.11 Å². The maximum absolute atomic E-state index is 7.00. The summed E-state index contributed by atoms with van der Waals surface area (Å²) in [5.41, 5.74) is 0. The van der Waals surface area contributed by atoms with Gasteiger partial charge in [0.05, 0.1) is 0 Å². The minimum atomic E-state index is 1.00. The van der Waals surface area contributed by atoms with Crippen LogP contribution in [0.1, 0.15) is 257 Å². The lowest BCUT2D eigenvalue weighted by Gasteiger charge is -2.02. The van der Waals surface area contributed by atoms with E-state index in [2.05, 4.69) is 48.6 Å². The van der Waals surface area contributed by atoms with Gasteiger partial charge >= 0.3 is 0 Å². The Morgan fingerprint density at radius 3 is 0.340 bits per heavy atom. The zero-order chi connectivity index (χ0) is 35.9. The summed E-state index contributed by atoms with van der Waals surface area (Å²) in [5, 5.41) is 7.00. The van der Waals surface area contributed by atoms with Gasteiger partial charge in [0.15, 0.2) is 0 Å². The number of hydrogen-bond donors (Lipinski definition) is 1. The quantitative estimate of drug-likeness (QED) is 0.250. The third kappa shape index (κ3) is 44.9. The molecule has 0 heterocycles. The molecule has 1 nitrogen and oxygen atoms in total. The van der Waals surface area contributed by atoms with Crippen molar-refractivity contribution in [2.45, 2.75) is 257 Å². The Bertz CT molecular complexity index is 524. The lowest BCUT2D eigenvalue weighted by Crippen LogP contribution is -1.82. The fourth-order valence-electron chi connectivity index (χ4n) is 7.28. The van der Waals surface area contributed by atoms with Crippen LogP contribution in [0.5, 0.6) is 0 Å². The fraction of sp³-hybridized carbons (Fsp3) is 0.837. The van der Waals surface area contributed by atoms with Crippen molar-refractivity contribution in [3.8, 4) is 0 Å². The molecule has 0 radical (unpaired) electrons. The molecule has 0 spiro atoms. The van der Waals surface area contributed by atoms with Crippen LogP contribution < -0.4 is 0 Å². The summed E-state index contributed by atoms with van der Waals surface area (Å²) < 4.78 is 0. The lowest BCUT2D eigenvalue weighted by atomic mass is 10.0. The van der Waals surface area contributed by atoms with E-state index in [1.54, 1.807) is 0 Å². The highest BCUT2D eigenvalue weighted by atomic mass is 16.2. The fourth-order valence-corrected chi connectivity index (χ4v) is 7.28. The SMILES string of the molecule is C1=CCCCCCCCCCC1.C1=CCCCCCCCCCC1.C1=CCCCCCCCCCC1.C1=CCCCCCCCCCC1.CO. The molecular weight excluding hydrogens is 605 g/mol. The average Bonchev–Trinajstić information content (AvgIpc) is 3.11. The van der Waals surface area contributed by atoms with Crippen molar-refractivity contribution in [3.05, 3.63) is 48.6 Å². The van der Waals surface area contributed by atoms with E-state index in [9.17, 15) is 0 Å². The van der Waals surface area contributed by atoms with Gasteiger partial charge in [0.25, 0.3) is 0 Å². The van der Waals surface area contributed by atoms with Crippen LogP contribution in [-0.4, -0.2) is 12.2 Å². The molecule has 0 saturated carbocycles. The zero-order valence-corrected chi connectivity index (χ0v) is 34.4. The van der Waals surface area contributed by atoms with E-state index < -0.39 is 0 Å². The standard InChI is InChI=1S/4C12H22.CH4O/c4*1-2-4-6-8-10-12-11-9-7-5-3-1;1-2/h4*1-2H,3-12H2;2H,1H3. The number of allylic oxidation sites excluding steroid dienone is 8. The van der Waals surface area contributed by atoms with Crippen molar-refractivity contribution in [2.24, 2.45) is 0 Å². The van der Waals surface area contributed by atoms with Crippen molar-refractivity contribution < 1.29 is 5.11 Å². The molecule has 4 aliphatic carbocycles. The summed E-state index contributed by atoms with van der Waals surface area (Å²) in [6.45, 7) is 0.